The molecule has 2 aromatic rings. The van der Waals surface area contributed by atoms with Gasteiger partial charge in [0.1, 0.15) is 18.6 Å². The Morgan fingerprint density at radius 1 is 1.34 bits per heavy atom. The summed E-state index contributed by atoms with van der Waals surface area (Å²) in [7, 11) is 3.74. The Labute approximate surface area is 186 Å². The first-order valence-corrected chi connectivity index (χ1v) is 10.2. The molecule has 0 aliphatic heterocycles. The maximum atomic E-state index is 13.3. The van der Waals surface area contributed by atoms with Crippen molar-refractivity contribution >= 4 is 28.8 Å². The van der Waals surface area contributed by atoms with Gasteiger partial charge in [-0.15, -0.1) is 0 Å². The zero-order chi connectivity index (χ0) is 24.1. The van der Waals surface area contributed by atoms with Gasteiger partial charge in [0.15, 0.2) is 0 Å². The molecule has 1 heterocycles. The van der Waals surface area contributed by atoms with Crippen molar-refractivity contribution in [2.75, 3.05) is 20.7 Å². The number of allylic oxidation sites excluding steroid dienone is 3. The third-order valence-corrected chi connectivity index (χ3v) is 4.78. The number of benzene rings is 1. The number of hydrogen-bond donors (Lipinski definition) is 1. The average molecular weight is 449 g/mol. The van der Waals surface area contributed by atoms with E-state index in [1.807, 2.05) is 58.1 Å². The number of nitrogens with zero attached hydrogens (tertiary/aromatic N) is 3. The minimum absolute atomic E-state index is 0.0494. The average Bonchev–Trinajstić information content (AvgIpc) is 3.09. The summed E-state index contributed by atoms with van der Waals surface area (Å²) in [4.78, 5) is 24.3. The van der Waals surface area contributed by atoms with Crippen LogP contribution in [0.2, 0.25) is 0 Å². The molecule has 0 fully saturated rings. The number of carbonyl (C=O) groups is 2. The zero-order valence-electron chi connectivity index (χ0n) is 19.2. The number of nitrogens with one attached hydrogen (secondary N) is 1. The molecule has 1 amide bonds. The highest BCUT2D eigenvalue weighted by Crippen LogP contribution is 2.28. The van der Waals surface area contributed by atoms with Crippen molar-refractivity contribution in [2.45, 2.75) is 39.7 Å². The number of ether oxygens (including phenoxy) is 1. The molecule has 7 nitrogen and oxygen atoms in total. The summed E-state index contributed by atoms with van der Waals surface area (Å²) in [6, 6.07) is 3.15. The molecule has 0 saturated carbocycles. The fourth-order valence-corrected chi connectivity index (χ4v) is 2.96. The standard InChI is InChI=1S/C23H30F2N4O3/c1-15(2)19(27-22(31)23(4,24)25)14-32-21-11-17-12-26-29(20(17)10-16(21)3)18(8-7-9-30)13-28(5)6/h7-13,15,19H,14H2,1-6H3,(H,27,31)/b8-7-,18-13+. The van der Waals surface area contributed by atoms with Crippen LogP contribution in [0.4, 0.5) is 8.78 Å². The van der Waals surface area contributed by atoms with E-state index in [1.165, 1.54) is 6.08 Å². The quantitative estimate of drug-likeness (QED) is 0.341. The van der Waals surface area contributed by atoms with E-state index < -0.39 is 17.9 Å². The molecule has 0 bridgehead atoms. The molecule has 32 heavy (non-hydrogen) atoms. The molecule has 0 aliphatic carbocycles. The highest BCUT2D eigenvalue weighted by Gasteiger charge is 2.34. The lowest BCUT2D eigenvalue weighted by atomic mass is 10.0. The molecule has 0 radical (unpaired) electrons. The minimum Gasteiger partial charge on any atom is -0.491 e. The Morgan fingerprint density at radius 2 is 2.03 bits per heavy atom. The lowest BCUT2D eigenvalue weighted by molar-refractivity contribution is -0.144. The van der Waals surface area contributed by atoms with E-state index in [-0.39, 0.29) is 12.5 Å². The van der Waals surface area contributed by atoms with Crippen LogP contribution in [0.5, 0.6) is 5.75 Å². The third-order valence-electron chi connectivity index (χ3n) is 4.78. The molecular weight excluding hydrogens is 418 g/mol. The van der Waals surface area contributed by atoms with E-state index >= 15 is 0 Å². The zero-order valence-corrected chi connectivity index (χ0v) is 19.2. The summed E-state index contributed by atoms with van der Waals surface area (Å²) >= 11 is 0. The van der Waals surface area contributed by atoms with Gasteiger partial charge < -0.3 is 15.0 Å². The number of aldehydes is 1. The van der Waals surface area contributed by atoms with Crippen LogP contribution in [0.1, 0.15) is 26.3 Å². The molecule has 0 saturated heterocycles. The second-order valence-corrected chi connectivity index (χ2v) is 8.27. The van der Waals surface area contributed by atoms with Gasteiger partial charge in [-0.2, -0.15) is 13.9 Å². The van der Waals surface area contributed by atoms with Crippen LogP contribution >= 0.6 is 0 Å². The molecule has 2 rings (SSSR count). The normalized spacial score (nSPS) is 13.6. The number of aryl methyl sites for hydroxylation is 1. The molecular formula is C23H30F2N4O3. The van der Waals surface area contributed by atoms with Crippen molar-refractivity contribution in [1.82, 2.24) is 20.0 Å². The summed E-state index contributed by atoms with van der Waals surface area (Å²) in [5.41, 5.74) is 2.34. The van der Waals surface area contributed by atoms with Crippen molar-refractivity contribution in [3.05, 3.63) is 42.2 Å². The molecule has 0 spiro atoms. The predicted molar refractivity (Wildman–Crippen MR) is 121 cm³/mol. The number of halogens is 2. The van der Waals surface area contributed by atoms with Gasteiger partial charge in [0.05, 0.1) is 23.5 Å². The van der Waals surface area contributed by atoms with Gasteiger partial charge in [-0.3, -0.25) is 9.59 Å². The Balaban J connectivity index is 2.30. The Morgan fingerprint density at radius 3 is 2.59 bits per heavy atom. The van der Waals surface area contributed by atoms with Crippen molar-refractivity contribution in [3.63, 3.8) is 0 Å². The summed E-state index contributed by atoms with van der Waals surface area (Å²) in [6.45, 7) is 6.14. The maximum Gasteiger partial charge on any atom is 0.321 e. The molecule has 9 heteroatoms. The van der Waals surface area contributed by atoms with E-state index in [2.05, 4.69) is 10.4 Å². The second-order valence-electron chi connectivity index (χ2n) is 8.27. The smallest absolute Gasteiger partial charge is 0.321 e. The monoisotopic (exact) mass is 448 g/mol. The third kappa shape index (κ3) is 6.38. The first kappa shape index (κ1) is 25.0. The summed E-state index contributed by atoms with van der Waals surface area (Å²) < 4.78 is 34.2. The number of carbonyl (C=O) groups excluding carboxylic acids is 2. The number of alkyl halides is 2. The predicted octanol–water partition coefficient (Wildman–Crippen LogP) is 3.63. The van der Waals surface area contributed by atoms with Crippen LogP contribution in [-0.4, -0.2) is 59.5 Å². The van der Waals surface area contributed by atoms with Crippen LogP contribution in [0.3, 0.4) is 0 Å². The van der Waals surface area contributed by atoms with Crippen LogP contribution in [0.25, 0.3) is 16.6 Å². The number of amides is 1. The minimum atomic E-state index is -3.45. The molecule has 0 aliphatic rings. The number of hydrogen-bond acceptors (Lipinski definition) is 5. The number of aromatic nitrogens is 2. The topological polar surface area (TPSA) is 76.5 Å². The van der Waals surface area contributed by atoms with Gasteiger partial charge in [0.2, 0.25) is 0 Å². The van der Waals surface area contributed by atoms with Gasteiger partial charge in [-0.1, -0.05) is 13.8 Å². The summed E-state index contributed by atoms with van der Waals surface area (Å²) in [5.74, 6) is -4.30. The first-order chi connectivity index (χ1) is 14.9. The lowest BCUT2D eigenvalue weighted by Crippen LogP contribution is -2.48. The second kappa shape index (κ2) is 10.4. The van der Waals surface area contributed by atoms with Crippen LogP contribution < -0.4 is 10.1 Å². The van der Waals surface area contributed by atoms with Gasteiger partial charge in [-0.05, 0) is 42.7 Å². The molecule has 1 atom stereocenters. The van der Waals surface area contributed by atoms with Crippen LogP contribution in [-0.2, 0) is 9.59 Å². The van der Waals surface area contributed by atoms with E-state index in [4.69, 9.17) is 4.74 Å². The molecule has 1 unspecified atom stereocenters. The Hall–Kier alpha value is -3.23. The fourth-order valence-electron chi connectivity index (χ4n) is 2.96. The lowest BCUT2D eigenvalue weighted by Gasteiger charge is -2.24. The van der Waals surface area contributed by atoms with Crippen LogP contribution in [0, 0.1) is 12.8 Å². The largest absolute Gasteiger partial charge is 0.491 e. The number of rotatable bonds is 10. The molecule has 1 N–H and O–H groups in total. The van der Waals surface area contributed by atoms with Gasteiger partial charge in [0.25, 0.3) is 5.91 Å². The fraction of sp³-hybridized carbons (Fsp3) is 0.435. The molecule has 174 valence electrons. The van der Waals surface area contributed by atoms with Gasteiger partial charge in [0, 0.05) is 32.6 Å². The summed E-state index contributed by atoms with van der Waals surface area (Å²) in [5, 5.41) is 7.60. The van der Waals surface area contributed by atoms with Crippen molar-refractivity contribution in [2.24, 2.45) is 5.92 Å². The maximum absolute atomic E-state index is 13.3. The van der Waals surface area contributed by atoms with Crippen molar-refractivity contribution in [1.29, 1.82) is 0 Å². The Bertz CT molecular complexity index is 1020. The highest BCUT2D eigenvalue weighted by molar-refractivity contribution is 5.86. The molecule has 1 aromatic carbocycles. The molecule has 1 aromatic heterocycles. The first-order valence-electron chi connectivity index (χ1n) is 10.2. The van der Waals surface area contributed by atoms with E-state index in [1.54, 1.807) is 17.0 Å². The highest BCUT2D eigenvalue weighted by atomic mass is 19.3. The number of fused-ring (bicyclic) bond motifs is 1. The Kier molecular flexibility index (Phi) is 8.13. The van der Waals surface area contributed by atoms with E-state index in [9.17, 15) is 18.4 Å². The SMILES string of the molecule is Cc1cc2c(cnn2C(/C=C\C=O)=C/N(C)C)cc1OCC(NC(=O)C(C)(F)F)C(C)C. The van der Waals surface area contributed by atoms with E-state index in [0.717, 1.165) is 16.5 Å². The van der Waals surface area contributed by atoms with Gasteiger partial charge >= 0.3 is 5.92 Å². The summed E-state index contributed by atoms with van der Waals surface area (Å²) in [6.07, 6.45) is 7.28. The van der Waals surface area contributed by atoms with Crippen molar-refractivity contribution < 1.29 is 23.1 Å². The van der Waals surface area contributed by atoms with E-state index in [0.29, 0.717) is 24.7 Å². The van der Waals surface area contributed by atoms with Crippen molar-refractivity contribution in [3.8, 4) is 5.75 Å². The van der Waals surface area contributed by atoms with Gasteiger partial charge in [-0.25, -0.2) is 4.68 Å². The van der Waals surface area contributed by atoms with Crippen LogP contribution in [0.15, 0.2) is 36.7 Å².